The van der Waals surface area contributed by atoms with Crippen LogP contribution >= 0.6 is 31.9 Å². The second-order valence-electron chi connectivity index (χ2n) is 3.09. The molecule has 15 heavy (non-hydrogen) atoms. The summed E-state index contributed by atoms with van der Waals surface area (Å²) in [7, 11) is 0. The van der Waals surface area contributed by atoms with E-state index in [9.17, 15) is 4.79 Å². The van der Waals surface area contributed by atoms with Crippen molar-refractivity contribution in [2.24, 2.45) is 0 Å². The van der Waals surface area contributed by atoms with Crippen LogP contribution in [-0.2, 0) is 0 Å². The van der Waals surface area contributed by atoms with Gasteiger partial charge in [0.25, 0.3) is 5.91 Å². The molecule has 1 amide bonds. The molecule has 3 nitrogen and oxygen atoms in total. The van der Waals surface area contributed by atoms with Crippen molar-refractivity contribution in [3.8, 4) is 0 Å². The lowest BCUT2D eigenvalue weighted by Gasteiger charge is -2.20. The monoisotopic (exact) mass is 337 g/mol. The van der Waals surface area contributed by atoms with E-state index in [4.69, 9.17) is 4.42 Å². The van der Waals surface area contributed by atoms with Crippen molar-refractivity contribution in [1.29, 1.82) is 0 Å². The van der Waals surface area contributed by atoms with E-state index in [1.165, 1.54) is 6.26 Å². The molecule has 0 saturated carbocycles. The highest BCUT2D eigenvalue weighted by Gasteiger charge is 2.18. The number of furan rings is 1. The van der Waals surface area contributed by atoms with E-state index in [-0.39, 0.29) is 5.91 Å². The summed E-state index contributed by atoms with van der Waals surface area (Å²) in [5.74, 6) is 0.0110. The number of hydrogen-bond acceptors (Lipinski definition) is 2. The summed E-state index contributed by atoms with van der Waals surface area (Å²) in [6.07, 6.45) is 2.46. The first-order valence-electron chi connectivity index (χ1n) is 4.79. The maximum absolute atomic E-state index is 12.0. The molecule has 0 aliphatic rings. The Morgan fingerprint density at radius 3 is 2.73 bits per heavy atom. The lowest BCUT2D eigenvalue weighted by molar-refractivity contribution is 0.0764. The number of hydrogen-bond donors (Lipinski definition) is 0. The Balaban J connectivity index is 2.76. The van der Waals surface area contributed by atoms with Crippen LogP contribution in [-0.4, -0.2) is 29.2 Å². The van der Waals surface area contributed by atoms with Crippen LogP contribution in [0.3, 0.4) is 0 Å². The zero-order valence-electron chi connectivity index (χ0n) is 8.50. The first-order valence-corrected chi connectivity index (χ1v) is 6.70. The number of halogens is 2. The van der Waals surface area contributed by atoms with Crippen molar-refractivity contribution in [2.45, 2.75) is 13.3 Å². The molecular formula is C10H13Br2NO2. The lowest BCUT2D eigenvalue weighted by atomic mass is 10.3. The highest BCUT2D eigenvalue weighted by Crippen LogP contribution is 2.19. The first-order chi connectivity index (χ1) is 7.20. The van der Waals surface area contributed by atoms with E-state index in [0.29, 0.717) is 16.8 Å². The van der Waals surface area contributed by atoms with Crippen LogP contribution in [0.15, 0.2) is 21.4 Å². The zero-order chi connectivity index (χ0) is 11.3. The summed E-state index contributed by atoms with van der Waals surface area (Å²) in [6, 6.07) is 1.68. The molecule has 1 heterocycles. The molecular weight excluding hydrogens is 326 g/mol. The van der Waals surface area contributed by atoms with Crippen LogP contribution in [0.4, 0.5) is 0 Å². The molecule has 1 rings (SSSR count). The van der Waals surface area contributed by atoms with Gasteiger partial charge in [0.2, 0.25) is 0 Å². The van der Waals surface area contributed by atoms with Gasteiger partial charge in [-0.25, -0.2) is 0 Å². The predicted molar refractivity (Wildman–Crippen MR) is 66.4 cm³/mol. The molecule has 0 N–H and O–H groups in total. The molecule has 1 aromatic heterocycles. The van der Waals surface area contributed by atoms with Crippen molar-refractivity contribution in [3.63, 3.8) is 0 Å². The third-order valence-electron chi connectivity index (χ3n) is 1.98. The third kappa shape index (κ3) is 3.34. The van der Waals surface area contributed by atoms with Gasteiger partial charge >= 0.3 is 0 Å². The molecule has 5 heteroatoms. The van der Waals surface area contributed by atoms with Gasteiger partial charge in [0.15, 0.2) is 4.67 Å². The highest BCUT2D eigenvalue weighted by molar-refractivity contribution is 9.10. The Labute approximate surface area is 106 Å². The van der Waals surface area contributed by atoms with Crippen molar-refractivity contribution in [2.75, 3.05) is 18.4 Å². The number of alkyl halides is 1. The Bertz CT molecular complexity index is 319. The molecule has 0 unspecified atom stereocenters. The fraction of sp³-hybridized carbons (Fsp3) is 0.500. The average Bonchev–Trinajstić information content (AvgIpc) is 2.63. The van der Waals surface area contributed by atoms with Gasteiger partial charge in [-0.1, -0.05) is 22.9 Å². The number of carbonyl (C=O) groups is 1. The maximum atomic E-state index is 12.0. The molecule has 0 aromatic carbocycles. The second kappa shape index (κ2) is 6.33. The van der Waals surface area contributed by atoms with Crippen molar-refractivity contribution >= 4 is 37.8 Å². The fourth-order valence-corrected chi connectivity index (χ4v) is 2.14. The predicted octanol–water partition coefficient (Wildman–Crippen LogP) is 3.29. The van der Waals surface area contributed by atoms with Gasteiger partial charge in [0.1, 0.15) is 0 Å². The van der Waals surface area contributed by atoms with Crippen LogP contribution in [0.25, 0.3) is 0 Å². The molecule has 0 fully saturated rings. The van der Waals surface area contributed by atoms with E-state index in [2.05, 4.69) is 38.8 Å². The smallest absolute Gasteiger partial charge is 0.258 e. The molecule has 0 atom stereocenters. The van der Waals surface area contributed by atoms with E-state index >= 15 is 0 Å². The van der Waals surface area contributed by atoms with Crippen LogP contribution in [0.2, 0.25) is 0 Å². The summed E-state index contributed by atoms with van der Waals surface area (Å²) in [4.78, 5) is 13.8. The first kappa shape index (κ1) is 12.8. The van der Waals surface area contributed by atoms with Gasteiger partial charge < -0.3 is 9.32 Å². The van der Waals surface area contributed by atoms with E-state index in [0.717, 1.165) is 18.3 Å². The number of amides is 1. The highest BCUT2D eigenvalue weighted by atomic mass is 79.9. The Morgan fingerprint density at radius 1 is 1.53 bits per heavy atom. The largest absolute Gasteiger partial charge is 0.457 e. The number of carbonyl (C=O) groups excluding carboxylic acids is 1. The molecule has 1 aromatic rings. The van der Waals surface area contributed by atoms with Gasteiger partial charge in [-0.15, -0.1) is 0 Å². The van der Waals surface area contributed by atoms with Gasteiger partial charge in [-0.05, 0) is 28.4 Å². The average molecular weight is 339 g/mol. The Hall–Kier alpha value is -0.290. The molecule has 0 aliphatic carbocycles. The minimum Gasteiger partial charge on any atom is -0.457 e. The summed E-state index contributed by atoms with van der Waals surface area (Å²) in [6.45, 7) is 3.53. The van der Waals surface area contributed by atoms with E-state index in [1.807, 2.05) is 4.90 Å². The van der Waals surface area contributed by atoms with Crippen LogP contribution in [0.5, 0.6) is 0 Å². The summed E-state index contributed by atoms with van der Waals surface area (Å²) < 4.78 is 5.55. The lowest BCUT2D eigenvalue weighted by Crippen LogP contribution is -2.33. The van der Waals surface area contributed by atoms with E-state index < -0.39 is 0 Å². The summed E-state index contributed by atoms with van der Waals surface area (Å²) in [5.41, 5.74) is 0.587. The Morgan fingerprint density at radius 2 is 2.27 bits per heavy atom. The molecule has 84 valence electrons. The van der Waals surface area contributed by atoms with Crippen LogP contribution in [0, 0.1) is 0 Å². The SMILES string of the molecule is CCCN(CCBr)C(=O)c1ccoc1Br. The van der Waals surface area contributed by atoms with Crippen molar-refractivity contribution < 1.29 is 9.21 Å². The number of rotatable bonds is 5. The normalized spacial score (nSPS) is 10.3. The molecule has 0 radical (unpaired) electrons. The van der Waals surface area contributed by atoms with Crippen molar-refractivity contribution in [1.82, 2.24) is 4.90 Å². The molecule has 0 bridgehead atoms. The summed E-state index contributed by atoms with van der Waals surface area (Å²) >= 11 is 6.55. The van der Waals surface area contributed by atoms with E-state index in [1.54, 1.807) is 6.07 Å². The van der Waals surface area contributed by atoms with Gasteiger partial charge in [0, 0.05) is 18.4 Å². The second-order valence-corrected chi connectivity index (χ2v) is 4.60. The quantitative estimate of drug-likeness (QED) is 0.772. The minimum atomic E-state index is 0.0110. The van der Waals surface area contributed by atoms with Crippen LogP contribution in [0.1, 0.15) is 23.7 Å². The minimum absolute atomic E-state index is 0.0110. The molecule has 0 aliphatic heterocycles. The number of nitrogens with zero attached hydrogens (tertiary/aromatic N) is 1. The fourth-order valence-electron chi connectivity index (χ4n) is 1.30. The summed E-state index contributed by atoms with van der Waals surface area (Å²) in [5, 5.41) is 0.786. The van der Waals surface area contributed by atoms with Gasteiger partial charge in [-0.2, -0.15) is 0 Å². The van der Waals surface area contributed by atoms with Gasteiger partial charge in [0.05, 0.1) is 11.8 Å². The molecule has 0 saturated heterocycles. The maximum Gasteiger partial charge on any atom is 0.258 e. The van der Waals surface area contributed by atoms with Gasteiger partial charge in [-0.3, -0.25) is 4.79 Å². The Kier molecular flexibility index (Phi) is 5.39. The molecule has 0 spiro atoms. The standard InChI is InChI=1S/C10H13Br2NO2/c1-2-5-13(6-4-11)10(14)8-3-7-15-9(8)12/h3,7H,2,4-6H2,1H3. The third-order valence-corrected chi connectivity index (χ3v) is 2.95. The van der Waals surface area contributed by atoms with Crippen molar-refractivity contribution in [3.05, 3.63) is 22.6 Å². The topological polar surface area (TPSA) is 33.5 Å². The zero-order valence-corrected chi connectivity index (χ0v) is 11.7. The van der Waals surface area contributed by atoms with Crippen LogP contribution < -0.4 is 0 Å².